The van der Waals surface area contributed by atoms with Gasteiger partial charge >= 0.3 is 0 Å². The van der Waals surface area contributed by atoms with Gasteiger partial charge in [0.2, 0.25) is 5.95 Å². The molecule has 0 unspecified atom stereocenters. The van der Waals surface area contributed by atoms with Gasteiger partial charge < -0.3 is 15.7 Å². The van der Waals surface area contributed by atoms with Crippen LogP contribution in [0.25, 0.3) is 0 Å². The zero-order valence-electron chi connectivity index (χ0n) is 17.9. The number of likely N-dealkylation sites (tertiary alicyclic amines) is 1. The molecule has 1 saturated heterocycles. The number of nitrogens with one attached hydrogen (secondary N) is 3. The Morgan fingerprint density at radius 1 is 1.30 bits per heavy atom. The Labute approximate surface area is 190 Å². The van der Waals surface area contributed by atoms with Crippen LogP contribution in [0.2, 0.25) is 0 Å². The molecule has 3 aromatic rings. The summed E-state index contributed by atoms with van der Waals surface area (Å²) in [5.41, 5.74) is 1.05. The van der Waals surface area contributed by atoms with Crippen molar-refractivity contribution in [3.63, 3.8) is 0 Å². The fourth-order valence-corrected chi connectivity index (χ4v) is 4.04. The second-order valence-corrected chi connectivity index (χ2v) is 8.17. The molecule has 1 aromatic carbocycles. The third kappa shape index (κ3) is 5.45. The molecule has 1 amide bonds. The molecule has 0 saturated carbocycles. The number of piperidine rings is 1. The number of nitriles is 1. The van der Waals surface area contributed by atoms with Crippen LogP contribution in [0, 0.1) is 17.3 Å². The number of pyridine rings is 1. The lowest BCUT2D eigenvalue weighted by Crippen LogP contribution is -2.55. The van der Waals surface area contributed by atoms with Crippen LogP contribution in [0.5, 0.6) is 5.75 Å². The molecule has 3 heterocycles. The molecule has 4 rings (SSSR count). The van der Waals surface area contributed by atoms with Crippen LogP contribution in [0.15, 0.2) is 48.8 Å². The zero-order valence-corrected chi connectivity index (χ0v) is 17.9. The predicted molar refractivity (Wildman–Crippen MR) is 119 cm³/mol. The highest BCUT2D eigenvalue weighted by molar-refractivity contribution is 5.99. The van der Waals surface area contributed by atoms with Crippen molar-refractivity contribution in [1.29, 1.82) is 5.26 Å². The smallest absolute Gasteiger partial charge is 0.257 e. The lowest BCUT2D eigenvalue weighted by Gasteiger charge is -2.41. The van der Waals surface area contributed by atoms with Crippen LogP contribution in [0.1, 0.15) is 35.2 Å². The SMILES string of the molecule is N#CCC1(NC(=O)c2cn[nH]c2Nc2ccnc(F)c2)CCN(Cc2cccc(O)c2)CC1. The quantitative estimate of drug-likeness (QED) is 0.408. The number of amides is 1. The van der Waals surface area contributed by atoms with E-state index in [9.17, 15) is 19.6 Å². The Hall–Kier alpha value is -3.97. The summed E-state index contributed by atoms with van der Waals surface area (Å²) in [4.78, 5) is 18.8. The lowest BCUT2D eigenvalue weighted by molar-refractivity contribution is 0.0807. The summed E-state index contributed by atoms with van der Waals surface area (Å²) in [5, 5.41) is 31.7. The number of hydrogen-bond acceptors (Lipinski definition) is 7. The minimum Gasteiger partial charge on any atom is -0.508 e. The summed E-state index contributed by atoms with van der Waals surface area (Å²) in [7, 11) is 0. The molecule has 1 fully saturated rings. The third-order valence-corrected chi connectivity index (χ3v) is 5.81. The second kappa shape index (κ2) is 9.67. The first kappa shape index (κ1) is 22.2. The van der Waals surface area contributed by atoms with E-state index < -0.39 is 11.5 Å². The van der Waals surface area contributed by atoms with Gasteiger partial charge in [0.05, 0.1) is 24.2 Å². The molecule has 0 aliphatic carbocycles. The fourth-order valence-electron chi connectivity index (χ4n) is 4.04. The number of halogens is 1. The Balaban J connectivity index is 1.42. The Morgan fingerprint density at radius 3 is 2.85 bits per heavy atom. The van der Waals surface area contributed by atoms with Crippen molar-refractivity contribution in [2.45, 2.75) is 31.3 Å². The molecule has 0 spiro atoms. The first-order chi connectivity index (χ1) is 16.0. The van der Waals surface area contributed by atoms with Crippen molar-refractivity contribution in [2.75, 3.05) is 18.4 Å². The van der Waals surface area contributed by atoms with E-state index in [4.69, 9.17) is 0 Å². The molecular formula is C23H24FN7O2. The van der Waals surface area contributed by atoms with Gasteiger partial charge in [0.25, 0.3) is 5.91 Å². The van der Waals surface area contributed by atoms with Crippen LogP contribution >= 0.6 is 0 Å². The Morgan fingerprint density at radius 2 is 2.12 bits per heavy atom. The molecule has 1 aliphatic rings. The first-order valence-electron chi connectivity index (χ1n) is 10.6. The summed E-state index contributed by atoms with van der Waals surface area (Å²) in [6.07, 6.45) is 4.13. The van der Waals surface area contributed by atoms with Crippen LogP contribution in [-0.2, 0) is 6.54 Å². The molecule has 4 N–H and O–H groups in total. The van der Waals surface area contributed by atoms with Crippen LogP contribution in [-0.4, -0.2) is 49.7 Å². The maximum absolute atomic E-state index is 13.4. The van der Waals surface area contributed by atoms with E-state index in [2.05, 4.69) is 36.8 Å². The van der Waals surface area contributed by atoms with E-state index in [-0.39, 0.29) is 23.6 Å². The first-order valence-corrected chi connectivity index (χ1v) is 10.6. The van der Waals surface area contributed by atoms with Gasteiger partial charge in [-0.1, -0.05) is 12.1 Å². The van der Waals surface area contributed by atoms with Gasteiger partial charge in [-0.15, -0.1) is 0 Å². The minimum absolute atomic E-state index is 0.189. The molecular weight excluding hydrogens is 425 g/mol. The van der Waals surface area contributed by atoms with E-state index in [0.717, 1.165) is 5.56 Å². The molecule has 0 atom stereocenters. The largest absolute Gasteiger partial charge is 0.508 e. The number of aromatic hydroxyl groups is 1. The van der Waals surface area contributed by atoms with Crippen LogP contribution in [0.3, 0.4) is 0 Å². The number of aromatic nitrogens is 3. The maximum atomic E-state index is 13.4. The third-order valence-electron chi connectivity index (χ3n) is 5.81. The fraction of sp³-hybridized carbons (Fsp3) is 0.304. The molecule has 0 radical (unpaired) electrons. The molecule has 170 valence electrons. The maximum Gasteiger partial charge on any atom is 0.257 e. The van der Waals surface area contributed by atoms with Gasteiger partial charge in [-0.25, -0.2) is 4.98 Å². The van der Waals surface area contributed by atoms with Gasteiger partial charge in [-0.3, -0.25) is 14.8 Å². The normalized spacial score (nSPS) is 15.5. The van der Waals surface area contributed by atoms with Crippen LogP contribution < -0.4 is 10.6 Å². The van der Waals surface area contributed by atoms with Gasteiger partial charge in [0, 0.05) is 37.6 Å². The highest BCUT2D eigenvalue weighted by atomic mass is 19.1. The average Bonchev–Trinajstić information content (AvgIpc) is 3.24. The van der Waals surface area contributed by atoms with E-state index in [1.54, 1.807) is 18.2 Å². The zero-order chi connectivity index (χ0) is 23.3. The number of phenolic OH excluding ortho intramolecular Hbond substituents is 1. The summed E-state index contributed by atoms with van der Waals surface area (Å²) >= 11 is 0. The topological polar surface area (TPSA) is 130 Å². The molecule has 2 aromatic heterocycles. The van der Waals surface area contributed by atoms with Gasteiger partial charge in [0.15, 0.2) is 0 Å². The predicted octanol–water partition coefficient (Wildman–Crippen LogP) is 3.07. The summed E-state index contributed by atoms with van der Waals surface area (Å²) < 4.78 is 13.4. The van der Waals surface area contributed by atoms with Crippen molar-refractivity contribution >= 4 is 17.4 Å². The Kier molecular flexibility index (Phi) is 6.51. The van der Waals surface area contributed by atoms with E-state index in [0.29, 0.717) is 44.0 Å². The number of carbonyl (C=O) groups is 1. The standard InChI is InChI=1S/C23H24FN7O2/c24-20-13-17(4-9-26-20)28-21-19(14-27-30-21)22(33)29-23(5-8-25)6-10-31(11-7-23)15-16-2-1-3-18(32)12-16/h1-4,9,12-14,32H,5-7,10-11,15H2,(H,29,33)(H2,26,27,28,30). The number of nitrogens with zero attached hydrogens (tertiary/aromatic N) is 4. The molecule has 9 nitrogen and oxygen atoms in total. The minimum atomic E-state index is -0.654. The lowest BCUT2D eigenvalue weighted by atomic mass is 9.84. The number of carbonyl (C=O) groups excluding carboxylic acids is 1. The number of H-pyrrole nitrogens is 1. The molecule has 0 bridgehead atoms. The number of aromatic amines is 1. The van der Waals surface area contributed by atoms with E-state index >= 15 is 0 Å². The van der Waals surface area contributed by atoms with E-state index in [1.807, 2.05) is 12.1 Å². The molecule has 10 heteroatoms. The average molecular weight is 449 g/mol. The summed E-state index contributed by atoms with van der Waals surface area (Å²) in [6.45, 7) is 2.08. The number of benzene rings is 1. The molecule has 1 aliphatic heterocycles. The van der Waals surface area contributed by atoms with Crippen molar-refractivity contribution in [3.8, 4) is 11.8 Å². The van der Waals surface area contributed by atoms with Gasteiger partial charge in [0.1, 0.15) is 17.1 Å². The summed E-state index contributed by atoms with van der Waals surface area (Å²) in [6, 6.07) is 12.1. The monoisotopic (exact) mass is 449 g/mol. The number of phenols is 1. The highest BCUT2D eigenvalue weighted by Crippen LogP contribution is 2.28. The van der Waals surface area contributed by atoms with E-state index in [1.165, 1.54) is 18.5 Å². The van der Waals surface area contributed by atoms with Gasteiger partial charge in [-0.05, 0) is 36.6 Å². The number of rotatable bonds is 7. The van der Waals surface area contributed by atoms with Crippen molar-refractivity contribution in [1.82, 2.24) is 25.4 Å². The van der Waals surface area contributed by atoms with Crippen molar-refractivity contribution < 1.29 is 14.3 Å². The van der Waals surface area contributed by atoms with Gasteiger partial charge in [-0.2, -0.15) is 14.8 Å². The molecule has 33 heavy (non-hydrogen) atoms. The number of hydrogen-bond donors (Lipinski definition) is 4. The highest BCUT2D eigenvalue weighted by Gasteiger charge is 2.36. The van der Waals surface area contributed by atoms with Crippen LogP contribution in [0.4, 0.5) is 15.9 Å². The number of anilines is 2. The Bertz CT molecular complexity index is 1170. The second-order valence-electron chi connectivity index (χ2n) is 8.17. The summed E-state index contributed by atoms with van der Waals surface area (Å²) in [5.74, 6) is -0.449. The van der Waals surface area contributed by atoms with Crippen molar-refractivity contribution in [3.05, 3.63) is 65.9 Å². The van der Waals surface area contributed by atoms with Crippen molar-refractivity contribution in [2.24, 2.45) is 0 Å².